The van der Waals surface area contributed by atoms with Crippen molar-refractivity contribution in [3.63, 3.8) is 0 Å². The second-order valence-corrected chi connectivity index (χ2v) is 11.6. The molecule has 2 bridgehead atoms. The van der Waals surface area contributed by atoms with E-state index in [1.807, 2.05) is 30.3 Å². The van der Waals surface area contributed by atoms with Crippen LogP contribution in [0.15, 0.2) is 72.8 Å². The predicted octanol–water partition coefficient (Wildman–Crippen LogP) is 4.66. The van der Waals surface area contributed by atoms with Crippen LogP contribution >= 0.6 is 0 Å². The highest BCUT2D eigenvalue weighted by molar-refractivity contribution is 6.15. The Morgan fingerprint density at radius 1 is 0.975 bits per heavy atom. The molecule has 0 saturated carbocycles. The number of rotatable bonds is 7. The Hall–Kier alpha value is -3.68. The molecular formula is C33H38N4O3. The molecular weight excluding hydrogens is 500 g/mol. The molecule has 3 aliphatic rings. The number of piperidine rings is 1. The normalized spacial score (nSPS) is 23.5. The number of fused-ring (bicyclic) bond motifs is 2. The Balaban J connectivity index is 1.17. The number of nitrogens with zero attached hydrogens (tertiary/aromatic N) is 1. The van der Waals surface area contributed by atoms with Crippen LogP contribution in [0, 0.1) is 5.41 Å². The molecule has 0 aliphatic carbocycles. The minimum Gasteiger partial charge on any atom is -0.398 e. The van der Waals surface area contributed by atoms with E-state index in [9.17, 15) is 9.90 Å². The first kappa shape index (κ1) is 26.5. The molecule has 208 valence electrons. The summed E-state index contributed by atoms with van der Waals surface area (Å²) in [4.78, 5) is 15.8. The fourth-order valence-corrected chi connectivity index (χ4v) is 6.91. The Morgan fingerprint density at radius 2 is 1.62 bits per heavy atom. The minimum atomic E-state index is -0.200. The third kappa shape index (κ3) is 5.11. The average Bonchev–Trinajstić information content (AvgIpc) is 3.27. The van der Waals surface area contributed by atoms with Crippen molar-refractivity contribution in [2.45, 2.75) is 62.1 Å². The van der Waals surface area contributed by atoms with Gasteiger partial charge in [0.1, 0.15) is 0 Å². The van der Waals surface area contributed by atoms with Gasteiger partial charge >= 0.3 is 0 Å². The first-order valence-corrected chi connectivity index (χ1v) is 14.4. The summed E-state index contributed by atoms with van der Waals surface area (Å²) in [5.74, 6) is -0.172. The van der Waals surface area contributed by atoms with Crippen molar-refractivity contribution >= 4 is 23.0 Å². The van der Waals surface area contributed by atoms with E-state index in [-0.39, 0.29) is 17.4 Å². The maximum absolute atomic E-state index is 13.3. The van der Waals surface area contributed by atoms with Crippen LogP contribution < -0.4 is 16.0 Å². The molecule has 6 rings (SSSR count). The Labute approximate surface area is 235 Å². The van der Waals surface area contributed by atoms with Gasteiger partial charge in [0.25, 0.3) is 5.91 Å². The molecule has 1 amide bonds. The molecule has 3 aliphatic heterocycles. The van der Waals surface area contributed by atoms with E-state index in [4.69, 9.17) is 15.9 Å². The van der Waals surface area contributed by atoms with Gasteiger partial charge in [-0.2, -0.15) is 0 Å². The highest BCUT2D eigenvalue weighted by atomic mass is 16.5. The highest BCUT2D eigenvalue weighted by Crippen LogP contribution is 2.39. The lowest BCUT2D eigenvalue weighted by atomic mass is 9.74. The number of hydrogen-bond acceptors (Lipinski definition) is 6. The quantitative estimate of drug-likeness (QED) is 0.258. The Bertz CT molecular complexity index is 1350. The zero-order valence-electron chi connectivity index (χ0n) is 22.8. The van der Waals surface area contributed by atoms with Crippen molar-refractivity contribution in [1.82, 2.24) is 5.32 Å². The van der Waals surface area contributed by atoms with Gasteiger partial charge in [-0.3, -0.25) is 10.2 Å². The van der Waals surface area contributed by atoms with Gasteiger partial charge in [0.15, 0.2) is 0 Å². The summed E-state index contributed by atoms with van der Waals surface area (Å²) >= 11 is 0. The number of aliphatic hydroxyl groups is 1. The van der Waals surface area contributed by atoms with Crippen molar-refractivity contribution in [2.75, 3.05) is 30.4 Å². The highest BCUT2D eigenvalue weighted by Gasteiger charge is 2.40. The van der Waals surface area contributed by atoms with Crippen molar-refractivity contribution in [2.24, 2.45) is 0 Å². The van der Waals surface area contributed by atoms with Crippen LogP contribution in [0.1, 0.15) is 65.6 Å². The van der Waals surface area contributed by atoms with E-state index >= 15 is 0 Å². The van der Waals surface area contributed by atoms with E-state index in [0.717, 1.165) is 49.8 Å². The summed E-state index contributed by atoms with van der Waals surface area (Å²) in [5.41, 5.74) is 11.0. The van der Waals surface area contributed by atoms with E-state index in [1.54, 1.807) is 18.2 Å². The lowest BCUT2D eigenvalue weighted by molar-refractivity contribution is 0.0487. The summed E-state index contributed by atoms with van der Waals surface area (Å²) in [6, 6.07) is 24.3. The van der Waals surface area contributed by atoms with Crippen LogP contribution in [0.2, 0.25) is 0 Å². The van der Waals surface area contributed by atoms with E-state index < -0.39 is 0 Å². The van der Waals surface area contributed by atoms with Crippen LogP contribution in [-0.4, -0.2) is 54.7 Å². The second kappa shape index (κ2) is 11.1. The van der Waals surface area contributed by atoms with Crippen LogP contribution in [0.4, 0.5) is 11.4 Å². The number of hydrogen-bond donors (Lipinski definition) is 4. The third-order valence-corrected chi connectivity index (χ3v) is 9.17. The number of ether oxygens (including phenoxy) is 1. The number of aliphatic hydroxyl groups excluding tert-OH is 1. The summed E-state index contributed by atoms with van der Waals surface area (Å²) in [6.45, 7) is 1.87. The Morgan fingerprint density at radius 3 is 2.30 bits per heavy atom. The fourth-order valence-electron chi connectivity index (χ4n) is 6.91. The topological polar surface area (TPSA) is 112 Å². The van der Waals surface area contributed by atoms with Gasteiger partial charge < -0.3 is 25.8 Å². The maximum Gasteiger partial charge on any atom is 0.251 e. The van der Waals surface area contributed by atoms with E-state index in [0.29, 0.717) is 54.4 Å². The maximum atomic E-state index is 13.3. The number of benzene rings is 3. The molecule has 0 aromatic heterocycles. The minimum absolute atomic E-state index is 0.161. The number of amides is 1. The number of nitrogen functional groups attached to an aromatic ring is 1. The second-order valence-electron chi connectivity index (χ2n) is 11.6. The number of nitrogens with two attached hydrogens (primary N) is 1. The van der Waals surface area contributed by atoms with Gasteiger partial charge in [0, 0.05) is 65.3 Å². The van der Waals surface area contributed by atoms with Crippen molar-refractivity contribution in [3.8, 4) is 0 Å². The predicted molar refractivity (Wildman–Crippen MR) is 158 cm³/mol. The van der Waals surface area contributed by atoms with Gasteiger partial charge in [0.2, 0.25) is 0 Å². The van der Waals surface area contributed by atoms with Gasteiger partial charge in [-0.1, -0.05) is 42.5 Å². The SMILES string of the molecule is N=C(c1ccc(N2C3CCC2CC(O)C3)cc1)c1cc(C(=O)NCC2(c3ccccc3)CCOCC2)ccc1N. The largest absolute Gasteiger partial charge is 0.398 e. The molecule has 3 heterocycles. The molecule has 3 saturated heterocycles. The summed E-state index contributed by atoms with van der Waals surface area (Å²) in [7, 11) is 0. The molecule has 7 heteroatoms. The van der Waals surface area contributed by atoms with E-state index in [2.05, 4.69) is 34.5 Å². The van der Waals surface area contributed by atoms with Crippen LogP contribution in [-0.2, 0) is 10.2 Å². The lowest BCUT2D eigenvalue weighted by Gasteiger charge is -2.39. The lowest BCUT2D eigenvalue weighted by Crippen LogP contribution is -2.44. The third-order valence-electron chi connectivity index (χ3n) is 9.17. The van der Waals surface area contributed by atoms with E-state index in [1.165, 1.54) is 5.56 Å². The molecule has 0 radical (unpaired) electrons. The first-order valence-electron chi connectivity index (χ1n) is 14.4. The molecule has 7 nitrogen and oxygen atoms in total. The summed E-state index contributed by atoms with van der Waals surface area (Å²) in [5, 5.41) is 22.2. The number of carbonyl (C=O) groups excluding carboxylic acids is 1. The van der Waals surface area contributed by atoms with Gasteiger partial charge in [-0.15, -0.1) is 0 Å². The van der Waals surface area contributed by atoms with Crippen LogP contribution in [0.3, 0.4) is 0 Å². The molecule has 2 unspecified atom stereocenters. The molecule has 5 N–H and O–H groups in total. The van der Waals surface area contributed by atoms with Gasteiger partial charge in [-0.05, 0) is 74.4 Å². The zero-order chi connectivity index (χ0) is 27.7. The Kier molecular flexibility index (Phi) is 7.34. The summed E-state index contributed by atoms with van der Waals surface area (Å²) < 4.78 is 5.63. The number of nitrogens with one attached hydrogen (secondary N) is 2. The monoisotopic (exact) mass is 538 g/mol. The van der Waals surface area contributed by atoms with Gasteiger partial charge in [0.05, 0.1) is 11.8 Å². The zero-order valence-corrected chi connectivity index (χ0v) is 22.8. The van der Waals surface area contributed by atoms with Crippen molar-refractivity contribution < 1.29 is 14.6 Å². The van der Waals surface area contributed by atoms with Gasteiger partial charge in [-0.25, -0.2) is 0 Å². The molecule has 3 aromatic rings. The molecule has 2 atom stereocenters. The fraction of sp³-hybridized carbons (Fsp3) is 0.394. The molecule has 3 aromatic carbocycles. The van der Waals surface area contributed by atoms with Crippen LogP contribution in [0.5, 0.6) is 0 Å². The standard InChI is InChI=1S/C33H38N4O3/c34-30-13-8-23(32(39)36-21-33(14-16-40-17-15-33)24-4-2-1-3-5-24)18-29(30)31(35)22-6-9-25(10-7-22)37-26-11-12-27(37)20-28(38)19-26/h1-10,13,18,26-28,35,38H,11-12,14-17,19-21,34H2,(H,36,39). The molecule has 0 spiro atoms. The smallest absolute Gasteiger partial charge is 0.251 e. The first-order chi connectivity index (χ1) is 19.4. The number of anilines is 2. The number of carbonyl (C=O) groups is 1. The van der Waals surface area contributed by atoms with Crippen LogP contribution in [0.25, 0.3) is 0 Å². The molecule has 40 heavy (non-hydrogen) atoms. The summed E-state index contributed by atoms with van der Waals surface area (Å²) in [6.07, 6.45) is 5.37. The van der Waals surface area contributed by atoms with Crippen molar-refractivity contribution in [3.05, 3.63) is 95.1 Å². The molecule has 3 fully saturated rings. The van der Waals surface area contributed by atoms with Crippen molar-refractivity contribution in [1.29, 1.82) is 5.41 Å². The average molecular weight is 539 g/mol.